The molecule has 0 saturated carbocycles. The highest BCUT2D eigenvalue weighted by Gasteiger charge is 2.26. The van der Waals surface area contributed by atoms with Crippen molar-refractivity contribution in [1.29, 1.82) is 0 Å². The van der Waals surface area contributed by atoms with E-state index in [2.05, 4.69) is 9.88 Å². The average Bonchev–Trinajstić information content (AvgIpc) is 2.89. The smallest absolute Gasteiger partial charge is 0.254 e. The molecule has 0 spiro atoms. The summed E-state index contributed by atoms with van der Waals surface area (Å²) in [5, 5.41) is 0.847. The van der Waals surface area contributed by atoms with Crippen molar-refractivity contribution in [1.82, 2.24) is 24.7 Å². The summed E-state index contributed by atoms with van der Waals surface area (Å²) in [6, 6.07) is 13.4. The van der Waals surface area contributed by atoms with Crippen LogP contribution in [0, 0.1) is 0 Å². The van der Waals surface area contributed by atoms with Crippen LogP contribution in [0.4, 0.5) is 0 Å². The molecule has 2 amide bonds. The van der Waals surface area contributed by atoms with E-state index in [-0.39, 0.29) is 11.8 Å². The first-order valence-electron chi connectivity index (χ1n) is 11.4. The Kier molecular flexibility index (Phi) is 6.28. The fraction of sp³-hybridized carbons (Fsp3) is 0.360. The van der Waals surface area contributed by atoms with Crippen LogP contribution in [-0.4, -0.2) is 95.5 Å². The van der Waals surface area contributed by atoms with E-state index in [9.17, 15) is 9.59 Å². The molecule has 0 bridgehead atoms. The van der Waals surface area contributed by atoms with Crippen molar-refractivity contribution in [2.24, 2.45) is 0 Å². The van der Waals surface area contributed by atoms with Crippen molar-refractivity contribution in [3.63, 3.8) is 0 Å². The second-order valence-corrected chi connectivity index (χ2v) is 8.38. The highest BCUT2D eigenvalue weighted by atomic mass is 16.5. The van der Waals surface area contributed by atoms with Crippen molar-refractivity contribution in [3.8, 4) is 11.3 Å². The number of rotatable bonds is 4. The minimum atomic E-state index is -0.00195. The number of nitrogens with zero attached hydrogens (tertiary/aromatic N) is 5. The normalized spacial score (nSPS) is 17.3. The van der Waals surface area contributed by atoms with Gasteiger partial charge in [-0.2, -0.15) is 0 Å². The van der Waals surface area contributed by atoms with Crippen LogP contribution >= 0.6 is 0 Å². The maximum absolute atomic E-state index is 13.5. The molecular formula is C25H27N5O3. The van der Waals surface area contributed by atoms with Gasteiger partial charge in [0.15, 0.2) is 0 Å². The van der Waals surface area contributed by atoms with Crippen LogP contribution in [0.5, 0.6) is 0 Å². The maximum atomic E-state index is 13.5. The summed E-state index contributed by atoms with van der Waals surface area (Å²) in [6.45, 7) is 5.47. The summed E-state index contributed by atoms with van der Waals surface area (Å²) in [4.78, 5) is 40.9. The van der Waals surface area contributed by atoms with Crippen LogP contribution in [-0.2, 0) is 9.53 Å². The number of aromatic nitrogens is 2. The van der Waals surface area contributed by atoms with Crippen molar-refractivity contribution < 1.29 is 14.3 Å². The van der Waals surface area contributed by atoms with E-state index in [0.29, 0.717) is 64.6 Å². The van der Waals surface area contributed by atoms with Crippen LogP contribution in [0.25, 0.3) is 22.2 Å². The fourth-order valence-electron chi connectivity index (χ4n) is 4.40. The first-order chi connectivity index (χ1) is 16.2. The number of fused-ring (bicyclic) bond motifs is 1. The fourth-order valence-corrected chi connectivity index (χ4v) is 4.40. The number of amides is 2. The maximum Gasteiger partial charge on any atom is 0.254 e. The molecule has 170 valence electrons. The molecule has 2 aliphatic rings. The van der Waals surface area contributed by atoms with Gasteiger partial charge < -0.3 is 14.5 Å². The number of hydrogen-bond donors (Lipinski definition) is 0. The predicted molar refractivity (Wildman–Crippen MR) is 125 cm³/mol. The van der Waals surface area contributed by atoms with Crippen LogP contribution in [0.1, 0.15) is 10.4 Å². The molecule has 2 aliphatic heterocycles. The van der Waals surface area contributed by atoms with Gasteiger partial charge in [0.1, 0.15) is 0 Å². The van der Waals surface area contributed by atoms with Gasteiger partial charge in [0.2, 0.25) is 5.91 Å². The van der Waals surface area contributed by atoms with Gasteiger partial charge in [-0.15, -0.1) is 0 Å². The molecule has 2 fully saturated rings. The van der Waals surface area contributed by atoms with Crippen molar-refractivity contribution >= 4 is 22.7 Å². The number of benzene rings is 1. The van der Waals surface area contributed by atoms with Gasteiger partial charge in [0.25, 0.3) is 5.91 Å². The summed E-state index contributed by atoms with van der Waals surface area (Å²) >= 11 is 0. The molecule has 0 N–H and O–H groups in total. The second kappa shape index (κ2) is 9.64. The number of ether oxygens (including phenoxy) is 1. The van der Waals surface area contributed by atoms with Crippen LogP contribution in [0.3, 0.4) is 0 Å². The van der Waals surface area contributed by atoms with Gasteiger partial charge in [-0.25, -0.2) is 4.98 Å². The zero-order valence-corrected chi connectivity index (χ0v) is 18.5. The van der Waals surface area contributed by atoms with E-state index in [0.717, 1.165) is 22.2 Å². The van der Waals surface area contributed by atoms with E-state index < -0.39 is 0 Å². The first-order valence-corrected chi connectivity index (χ1v) is 11.4. The van der Waals surface area contributed by atoms with Gasteiger partial charge in [-0.3, -0.25) is 19.5 Å². The van der Waals surface area contributed by atoms with Crippen molar-refractivity contribution in [2.45, 2.75) is 0 Å². The molecule has 0 aliphatic carbocycles. The third-order valence-electron chi connectivity index (χ3n) is 6.29. The third-order valence-corrected chi connectivity index (χ3v) is 6.29. The Morgan fingerprint density at radius 3 is 2.45 bits per heavy atom. The summed E-state index contributed by atoms with van der Waals surface area (Å²) in [7, 11) is 0. The molecule has 4 heterocycles. The SMILES string of the molecule is O=C(CN1CCN(C(=O)c2cc(-c3cccnc3)nc3ccccc23)CC1)N1CCOCC1. The lowest BCUT2D eigenvalue weighted by molar-refractivity contribution is -0.136. The molecule has 8 nitrogen and oxygen atoms in total. The lowest BCUT2D eigenvalue weighted by Crippen LogP contribution is -2.52. The predicted octanol–water partition coefficient (Wildman–Crippen LogP) is 1.91. The van der Waals surface area contributed by atoms with Crippen LogP contribution in [0.15, 0.2) is 54.9 Å². The molecule has 3 aromatic rings. The molecule has 0 atom stereocenters. The highest BCUT2D eigenvalue weighted by molar-refractivity contribution is 6.07. The molecule has 2 saturated heterocycles. The van der Waals surface area contributed by atoms with Gasteiger partial charge in [0.05, 0.1) is 36.5 Å². The summed E-state index contributed by atoms with van der Waals surface area (Å²) in [6.07, 6.45) is 3.48. The Labute approximate surface area is 192 Å². The number of pyridine rings is 2. The molecule has 1 aromatic carbocycles. The number of carbonyl (C=O) groups excluding carboxylic acids is 2. The molecule has 2 aromatic heterocycles. The van der Waals surface area contributed by atoms with E-state index in [1.807, 2.05) is 52.3 Å². The molecule has 5 rings (SSSR count). The Morgan fingerprint density at radius 2 is 1.70 bits per heavy atom. The van der Waals surface area contributed by atoms with Crippen molar-refractivity contribution in [3.05, 3.63) is 60.4 Å². The monoisotopic (exact) mass is 445 g/mol. The first kappa shape index (κ1) is 21.5. The Balaban J connectivity index is 1.31. The largest absolute Gasteiger partial charge is 0.378 e. The summed E-state index contributed by atoms with van der Waals surface area (Å²) in [5.74, 6) is 0.136. The highest BCUT2D eigenvalue weighted by Crippen LogP contribution is 2.25. The van der Waals surface area contributed by atoms with Crippen LogP contribution in [0.2, 0.25) is 0 Å². The number of para-hydroxylation sites is 1. The molecule has 33 heavy (non-hydrogen) atoms. The van der Waals surface area contributed by atoms with Crippen LogP contribution < -0.4 is 0 Å². The van der Waals surface area contributed by atoms with E-state index in [1.165, 1.54) is 0 Å². The van der Waals surface area contributed by atoms with E-state index in [1.54, 1.807) is 12.4 Å². The Morgan fingerprint density at radius 1 is 0.909 bits per heavy atom. The average molecular weight is 446 g/mol. The quantitative estimate of drug-likeness (QED) is 0.611. The second-order valence-electron chi connectivity index (χ2n) is 8.38. The lowest BCUT2D eigenvalue weighted by Gasteiger charge is -2.36. The Hall–Kier alpha value is -3.36. The van der Waals surface area contributed by atoms with E-state index in [4.69, 9.17) is 9.72 Å². The van der Waals surface area contributed by atoms with Gasteiger partial charge in [-0.05, 0) is 24.3 Å². The third kappa shape index (κ3) is 4.72. The Bertz CT molecular complexity index is 1140. The lowest BCUT2D eigenvalue weighted by atomic mass is 10.0. The molecule has 8 heteroatoms. The van der Waals surface area contributed by atoms with Crippen molar-refractivity contribution in [2.75, 3.05) is 59.0 Å². The minimum Gasteiger partial charge on any atom is -0.378 e. The zero-order valence-electron chi connectivity index (χ0n) is 18.5. The minimum absolute atomic E-state index is 0.00195. The standard InChI is InChI=1S/C25H27N5O3/c31-24(29-12-14-33-15-13-29)18-28-8-10-30(11-9-28)25(32)21-16-23(19-4-3-7-26-17-19)27-22-6-2-1-5-20(21)22/h1-7,16-17H,8-15,18H2. The van der Waals surface area contributed by atoms with Gasteiger partial charge >= 0.3 is 0 Å². The molecule has 0 unspecified atom stereocenters. The molecule has 0 radical (unpaired) electrons. The number of carbonyl (C=O) groups is 2. The number of hydrogen-bond acceptors (Lipinski definition) is 6. The number of piperazine rings is 1. The zero-order chi connectivity index (χ0) is 22.6. The summed E-state index contributed by atoms with van der Waals surface area (Å²) < 4.78 is 5.33. The van der Waals surface area contributed by atoms with Gasteiger partial charge in [0, 0.05) is 62.6 Å². The van der Waals surface area contributed by atoms with E-state index >= 15 is 0 Å². The number of morpholine rings is 1. The topological polar surface area (TPSA) is 78.9 Å². The summed E-state index contributed by atoms with van der Waals surface area (Å²) in [5.41, 5.74) is 3.05. The van der Waals surface area contributed by atoms with Gasteiger partial charge in [-0.1, -0.05) is 18.2 Å². The molecular weight excluding hydrogens is 418 g/mol.